The summed E-state index contributed by atoms with van der Waals surface area (Å²) in [6.07, 6.45) is 0.250. The molecule has 25 heavy (non-hydrogen) atoms. The van der Waals surface area contributed by atoms with Crippen molar-refractivity contribution in [2.24, 2.45) is 0 Å². The van der Waals surface area contributed by atoms with Gasteiger partial charge in [0.1, 0.15) is 11.4 Å². The van der Waals surface area contributed by atoms with Crippen molar-refractivity contribution in [2.45, 2.75) is 26.2 Å². The van der Waals surface area contributed by atoms with E-state index in [-0.39, 0.29) is 30.9 Å². The van der Waals surface area contributed by atoms with Crippen LogP contribution in [0.25, 0.3) is 0 Å². The minimum atomic E-state index is -0.459. The topological polar surface area (TPSA) is 76.5 Å². The summed E-state index contributed by atoms with van der Waals surface area (Å²) in [5.41, 5.74) is 1.31. The molecule has 2 aromatic rings. The van der Waals surface area contributed by atoms with Crippen LogP contribution in [0.3, 0.4) is 0 Å². The number of halogens is 2. The van der Waals surface area contributed by atoms with Crippen molar-refractivity contribution in [1.29, 1.82) is 0 Å². The molecule has 0 spiro atoms. The lowest BCUT2D eigenvalue weighted by Crippen LogP contribution is -2.10. The number of esters is 1. The van der Waals surface area contributed by atoms with Gasteiger partial charge in [-0.15, -0.1) is 0 Å². The summed E-state index contributed by atoms with van der Waals surface area (Å²) in [7, 11) is 0. The van der Waals surface area contributed by atoms with Crippen LogP contribution in [0.5, 0.6) is 5.75 Å². The van der Waals surface area contributed by atoms with Crippen LogP contribution in [-0.2, 0) is 16.0 Å². The number of hydrogen-bond donors (Lipinski definition) is 1. The molecule has 0 aliphatic rings. The van der Waals surface area contributed by atoms with Crippen LogP contribution in [0.2, 0.25) is 10.0 Å². The molecule has 0 saturated heterocycles. The Bertz CT molecular complexity index is 793. The Kier molecular flexibility index (Phi) is 6.79. The fourth-order valence-electron chi connectivity index (χ4n) is 2.22. The monoisotopic (exact) mass is 381 g/mol. The molecule has 0 atom stereocenters. The summed E-state index contributed by atoms with van der Waals surface area (Å²) in [6, 6.07) is 8.15. The van der Waals surface area contributed by atoms with Gasteiger partial charge in [-0.05, 0) is 36.8 Å². The quantitative estimate of drug-likeness (QED) is 0.574. The first-order valence-corrected chi connectivity index (χ1v) is 8.48. The highest BCUT2D eigenvalue weighted by Crippen LogP contribution is 2.24. The number of nitrogens with zero attached hydrogens (tertiary/aromatic N) is 1. The average molecular weight is 382 g/mol. The van der Waals surface area contributed by atoms with Gasteiger partial charge in [-0.25, -0.2) is 4.98 Å². The molecule has 0 amide bonds. The SMILES string of the molecule is CCOC(=O)CCC(=O)c1nc(Cc2ccc(Cl)cc2Cl)ccc1O. The number of carbonyl (C=O) groups is 2. The average Bonchev–Trinajstić information content (AvgIpc) is 2.57. The zero-order valence-electron chi connectivity index (χ0n) is 13.6. The number of hydrogen-bond acceptors (Lipinski definition) is 5. The number of Topliss-reactive ketones (excluding diaryl/α,β-unsaturated/α-hetero) is 1. The minimum absolute atomic E-state index is 0.0545. The predicted octanol–water partition coefficient (Wildman–Crippen LogP) is 4.21. The summed E-state index contributed by atoms with van der Waals surface area (Å²) in [6.45, 7) is 1.95. The van der Waals surface area contributed by atoms with Gasteiger partial charge in [-0.2, -0.15) is 0 Å². The van der Waals surface area contributed by atoms with E-state index in [1.165, 1.54) is 6.07 Å². The Morgan fingerprint density at radius 3 is 2.60 bits per heavy atom. The summed E-state index contributed by atoms with van der Waals surface area (Å²) >= 11 is 12.0. The summed E-state index contributed by atoms with van der Waals surface area (Å²) < 4.78 is 4.78. The standard InChI is InChI=1S/C18H17Cl2NO4/c1-2-25-17(24)8-7-16(23)18-15(22)6-5-13(21-18)9-11-3-4-12(19)10-14(11)20/h3-6,10,22H,2,7-9H2,1H3. The maximum atomic E-state index is 12.2. The molecular formula is C18H17Cl2NO4. The molecule has 1 heterocycles. The Balaban J connectivity index is 2.13. The molecule has 1 aromatic heterocycles. The molecule has 0 unspecified atom stereocenters. The molecule has 5 nitrogen and oxygen atoms in total. The molecule has 1 N–H and O–H groups in total. The predicted molar refractivity (Wildman–Crippen MR) is 95.4 cm³/mol. The number of aromatic hydroxyl groups is 1. The summed E-state index contributed by atoms with van der Waals surface area (Å²) in [5, 5.41) is 10.9. The van der Waals surface area contributed by atoms with E-state index in [1.54, 1.807) is 31.2 Å². The maximum absolute atomic E-state index is 12.2. The third kappa shape index (κ3) is 5.44. The third-order valence-electron chi connectivity index (χ3n) is 3.44. The Hall–Kier alpha value is -2.11. The molecule has 2 rings (SSSR count). The van der Waals surface area contributed by atoms with Gasteiger partial charge in [0.2, 0.25) is 0 Å². The Morgan fingerprint density at radius 2 is 1.92 bits per heavy atom. The minimum Gasteiger partial charge on any atom is -0.506 e. The molecule has 0 aliphatic heterocycles. The molecule has 0 fully saturated rings. The number of ether oxygens (including phenoxy) is 1. The van der Waals surface area contributed by atoms with E-state index >= 15 is 0 Å². The van der Waals surface area contributed by atoms with Crippen molar-refractivity contribution in [2.75, 3.05) is 6.61 Å². The van der Waals surface area contributed by atoms with Gasteiger partial charge in [0.25, 0.3) is 0 Å². The van der Waals surface area contributed by atoms with Crippen LogP contribution in [0, 0.1) is 0 Å². The van der Waals surface area contributed by atoms with E-state index < -0.39 is 11.8 Å². The van der Waals surface area contributed by atoms with Crippen LogP contribution in [-0.4, -0.2) is 28.4 Å². The van der Waals surface area contributed by atoms with Crippen LogP contribution in [0.4, 0.5) is 0 Å². The van der Waals surface area contributed by atoms with Crippen molar-refractivity contribution in [3.05, 3.63) is 57.3 Å². The van der Waals surface area contributed by atoms with Crippen molar-refractivity contribution >= 4 is 35.0 Å². The lowest BCUT2D eigenvalue weighted by molar-refractivity contribution is -0.143. The lowest BCUT2D eigenvalue weighted by atomic mass is 10.1. The van der Waals surface area contributed by atoms with E-state index in [2.05, 4.69) is 4.98 Å². The van der Waals surface area contributed by atoms with E-state index in [0.717, 1.165) is 5.56 Å². The molecule has 0 aliphatic carbocycles. The lowest BCUT2D eigenvalue weighted by Gasteiger charge is -2.08. The van der Waals surface area contributed by atoms with Crippen LogP contribution in [0.1, 0.15) is 41.5 Å². The number of benzene rings is 1. The second-order valence-electron chi connectivity index (χ2n) is 5.31. The first-order chi connectivity index (χ1) is 11.9. The normalized spacial score (nSPS) is 10.5. The highest BCUT2D eigenvalue weighted by atomic mass is 35.5. The zero-order chi connectivity index (χ0) is 18.4. The van der Waals surface area contributed by atoms with Crippen molar-refractivity contribution < 1.29 is 19.4 Å². The van der Waals surface area contributed by atoms with Crippen LogP contribution >= 0.6 is 23.2 Å². The first-order valence-electron chi connectivity index (χ1n) is 7.72. The maximum Gasteiger partial charge on any atom is 0.306 e. The van der Waals surface area contributed by atoms with Gasteiger partial charge < -0.3 is 9.84 Å². The van der Waals surface area contributed by atoms with E-state index in [1.807, 2.05) is 0 Å². The molecule has 1 aromatic carbocycles. The molecular weight excluding hydrogens is 365 g/mol. The number of ketones is 1. The highest BCUT2D eigenvalue weighted by molar-refractivity contribution is 6.35. The molecule has 0 radical (unpaired) electrons. The smallest absolute Gasteiger partial charge is 0.306 e. The van der Waals surface area contributed by atoms with Crippen molar-refractivity contribution in [1.82, 2.24) is 4.98 Å². The highest BCUT2D eigenvalue weighted by Gasteiger charge is 2.16. The first kappa shape index (κ1) is 19.2. The van der Waals surface area contributed by atoms with E-state index in [4.69, 9.17) is 27.9 Å². The van der Waals surface area contributed by atoms with E-state index in [9.17, 15) is 14.7 Å². The molecule has 132 valence electrons. The molecule has 0 saturated carbocycles. The largest absolute Gasteiger partial charge is 0.506 e. The summed E-state index contributed by atoms with van der Waals surface area (Å²) in [4.78, 5) is 27.8. The molecule has 0 bridgehead atoms. The zero-order valence-corrected chi connectivity index (χ0v) is 15.1. The van der Waals surface area contributed by atoms with Crippen LogP contribution in [0.15, 0.2) is 30.3 Å². The van der Waals surface area contributed by atoms with Gasteiger partial charge in [0.05, 0.1) is 13.0 Å². The van der Waals surface area contributed by atoms with Gasteiger partial charge in [-0.3, -0.25) is 9.59 Å². The number of rotatable bonds is 7. The number of carbonyl (C=O) groups excluding carboxylic acids is 2. The number of pyridine rings is 1. The van der Waals surface area contributed by atoms with E-state index in [0.29, 0.717) is 22.2 Å². The number of aromatic nitrogens is 1. The fourth-order valence-corrected chi connectivity index (χ4v) is 2.70. The Morgan fingerprint density at radius 1 is 1.16 bits per heavy atom. The third-order valence-corrected chi connectivity index (χ3v) is 4.03. The fraction of sp³-hybridized carbons (Fsp3) is 0.278. The second kappa shape index (κ2) is 8.83. The summed E-state index contributed by atoms with van der Waals surface area (Å²) in [5.74, 6) is -1.10. The second-order valence-corrected chi connectivity index (χ2v) is 6.15. The van der Waals surface area contributed by atoms with Gasteiger partial charge in [0, 0.05) is 28.6 Å². The van der Waals surface area contributed by atoms with Gasteiger partial charge in [0.15, 0.2) is 5.78 Å². The van der Waals surface area contributed by atoms with Crippen molar-refractivity contribution in [3.63, 3.8) is 0 Å². The Labute approximate surface area is 155 Å². The van der Waals surface area contributed by atoms with Crippen LogP contribution < -0.4 is 0 Å². The van der Waals surface area contributed by atoms with Gasteiger partial charge >= 0.3 is 5.97 Å². The van der Waals surface area contributed by atoms with Crippen molar-refractivity contribution in [3.8, 4) is 5.75 Å². The molecule has 7 heteroatoms. The van der Waals surface area contributed by atoms with Gasteiger partial charge in [-0.1, -0.05) is 29.3 Å².